The normalized spacial score (nSPS) is 18.7. The fraction of sp³-hybridized carbons (Fsp3) is 0.326. The van der Waals surface area contributed by atoms with E-state index in [0.717, 1.165) is 55.7 Å². The molecule has 4 aromatic carbocycles. The Balaban J connectivity index is 0.808. The number of amides is 2. The zero-order valence-electron chi connectivity index (χ0n) is 30.4. The van der Waals surface area contributed by atoms with Crippen LogP contribution in [-0.4, -0.2) is 89.4 Å². The predicted octanol–water partition coefficient (Wildman–Crippen LogP) is 5.80. The zero-order valence-corrected chi connectivity index (χ0v) is 30.4. The maximum Gasteiger partial charge on any atom is 0.411 e. The van der Waals surface area contributed by atoms with Gasteiger partial charge in [0.05, 0.1) is 17.3 Å². The summed E-state index contributed by atoms with van der Waals surface area (Å²) in [6.07, 6.45) is 1.32. The highest BCUT2D eigenvalue weighted by atomic mass is 16.6. The molecule has 280 valence electrons. The second kappa shape index (κ2) is 16.7. The van der Waals surface area contributed by atoms with Crippen molar-refractivity contribution in [2.75, 3.05) is 51.6 Å². The number of carbonyl (C=O) groups excluding carboxylic acids is 2. The van der Waals surface area contributed by atoms with Gasteiger partial charge in [0.1, 0.15) is 11.9 Å². The van der Waals surface area contributed by atoms with E-state index >= 15 is 0 Å². The number of phenols is 1. The molecule has 2 amide bonds. The van der Waals surface area contributed by atoms with Crippen molar-refractivity contribution < 1.29 is 24.5 Å². The van der Waals surface area contributed by atoms with Crippen LogP contribution >= 0.6 is 0 Å². The highest BCUT2D eigenvalue weighted by Crippen LogP contribution is 2.40. The lowest BCUT2D eigenvalue weighted by Gasteiger charge is -2.20. The molecule has 11 heteroatoms. The standard InChI is InChI=1S/C43H47N5O6/c1-47(22-20-44-25-39(50)35-15-17-38(49)41-36(35)16-18-40(51)46-41)42(52)30-13-11-28(12-14-30)19-21-48-26-31-23-33(24-32(31)27-48)54-43(53)45-37-10-6-5-9-34(37)29-7-3-2-4-8-29/h2-18,31-33,39,44,49-50H,19-27H2,1H3,(H,45,53)(H,46,51)/t31-,32+,33?,39-/m0/s1. The van der Waals surface area contributed by atoms with Crippen molar-refractivity contribution in [3.8, 4) is 16.9 Å². The molecule has 54 heavy (non-hydrogen) atoms. The number of carbonyl (C=O) groups is 2. The number of nitrogens with zero attached hydrogens (tertiary/aromatic N) is 2. The van der Waals surface area contributed by atoms with E-state index in [2.05, 4.69) is 20.5 Å². The van der Waals surface area contributed by atoms with Crippen LogP contribution in [0.5, 0.6) is 5.75 Å². The maximum absolute atomic E-state index is 13.1. The summed E-state index contributed by atoms with van der Waals surface area (Å²) in [5.74, 6) is 0.913. The average Bonchev–Trinajstić information content (AvgIpc) is 3.74. The summed E-state index contributed by atoms with van der Waals surface area (Å²) in [6, 6.07) is 31.7. The van der Waals surface area contributed by atoms with Gasteiger partial charge in [0.25, 0.3) is 5.91 Å². The van der Waals surface area contributed by atoms with E-state index < -0.39 is 12.2 Å². The lowest BCUT2D eigenvalue weighted by atomic mass is 10.0. The third kappa shape index (κ3) is 8.65. The lowest BCUT2D eigenvalue weighted by molar-refractivity contribution is 0.0794. The number of rotatable bonds is 13. The molecule has 2 fully saturated rings. The van der Waals surface area contributed by atoms with Crippen LogP contribution in [0.3, 0.4) is 0 Å². The molecule has 1 unspecified atom stereocenters. The van der Waals surface area contributed by atoms with Crippen LogP contribution < -0.4 is 16.2 Å². The van der Waals surface area contributed by atoms with Crippen molar-refractivity contribution in [1.29, 1.82) is 0 Å². The molecular formula is C43H47N5O6. The van der Waals surface area contributed by atoms with Crippen molar-refractivity contribution in [2.24, 2.45) is 11.8 Å². The molecule has 2 aliphatic rings. The number of pyridine rings is 1. The number of hydrogen-bond donors (Lipinski definition) is 5. The third-order valence-electron chi connectivity index (χ3n) is 10.8. The van der Waals surface area contributed by atoms with Gasteiger partial charge in [-0.3, -0.25) is 14.9 Å². The van der Waals surface area contributed by atoms with Gasteiger partial charge in [-0.2, -0.15) is 0 Å². The minimum absolute atomic E-state index is 0.0550. The smallest absolute Gasteiger partial charge is 0.411 e. The number of aliphatic hydroxyl groups is 1. The number of likely N-dealkylation sites (tertiary alicyclic amines) is 1. The molecule has 1 aliphatic heterocycles. The number of aliphatic hydroxyl groups excluding tert-OH is 1. The number of aromatic hydroxyl groups is 1. The number of H-pyrrole nitrogens is 1. The van der Waals surface area contributed by atoms with E-state index in [4.69, 9.17) is 4.74 Å². The summed E-state index contributed by atoms with van der Waals surface area (Å²) in [5, 5.41) is 27.6. The minimum Gasteiger partial charge on any atom is -0.506 e. The summed E-state index contributed by atoms with van der Waals surface area (Å²) >= 11 is 0. The summed E-state index contributed by atoms with van der Waals surface area (Å²) < 4.78 is 5.90. The number of likely N-dealkylation sites (N-methyl/N-ethyl adjacent to an activating group) is 1. The van der Waals surface area contributed by atoms with Gasteiger partial charge in [0.2, 0.25) is 5.56 Å². The number of anilines is 1. The zero-order chi connectivity index (χ0) is 37.6. The van der Waals surface area contributed by atoms with E-state index in [1.807, 2.05) is 78.9 Å². The molecule has 0 bridgehead atoms. The molecule has 7 rings (SSSR count). The van der Waals surface area contributed by atoms with Crippen LogP contribution in [-0.2, 0) is 11.2 Å². The molecule has 11 nitrogen and oxygen atoms in total. The van der Waals surface area contributed by atoms with Gasteiger partial charge in [-0.15, -0.1) is 0 Å². The number of hydrogen-bond acceptors (Lipinski definition) is 8. The molecule has 5 aromatic rings. The number of nitrogens with one attached hydrogen (secondary N) is 3. The topological polar surface area (TPSA) is 147 Å². The van der Waals surface area contributed by atoms with E-state index in [1.54, 1.807) is 24.1 Å². The molecule has 1 saturated heterocycles. The number of ether oxygens (including phenoxy) is 1. The number of fused-ring (bicyclic) bond motifs is 2. The second-order valence-electron chi connectivity index (χ2n) is 14.5. The van der Waals surface area contributed by atoms with Gasteiger partial charge < -0.3 is 35.1 Å². The van der Waals surface area contributed by atoms with E-state index in [1.165, 1.54) is 17.7 Å². The van der Waals surface area contributed by atoms with Crippen LogP contribution in [0.1, 0.15) is 40.4 Å². The number of phenolic OH excluding ortho intramolecular Hbond substituents is 1. The molecule has 5 N–H and O–H groups in total. The monoisotopic (exact) mass is 729 g/mol. The Morgan fingerprint density at radius 2 is 1.65 bits per heavy atom. The molecule has 4 atom stereocenters. The number of benzene rings is 4. The molecule has 1 aliphatic carbocycles. The Bertz CT molecular complexity index is 2120. The molecule has 1 saturated carbocycles. The first-order chi connectivity index (χ1) is 26.2. The third-order valence-corrected chi connectivity index (χ3v) is 10.8. The van der Waals surface area contributed by atoms with Gasteiger partial charge in [0.15, 0.2) is 0 Å². The molecule has 0 radical (unpaired) electrons. The van der Waals surface area contributed by atoms with Crippen molar-refractivity contribution in [2.45, 2.75) is 31.5 Å². The van der Waals surface area contributed by atoms with Gasteiger partial charge >= 0.3 is 6.09 Å². The Labute approximate surface area is 314 Å². The van der Waals surface area contributed by atoms with E-state index in [9.17, 15) is 24.6 Å². The van der Waals surface area contributed by atoms with Gasteiger partial charge in [0, 0.05) is 68.9 Å². The van der Waals surface area contributed by atoms with Crippen molar-refractivity contribution >= 4 is 28.6 Å². The largest absolute Gasteiger partial charge is 0.506 e. The number of aromatic nitrogens is 1. The van der Waals surface area contributed by atoms with Crippen molar-refractivity contribution in [1.82, 2.24) is 20.1 Å². The Morgan fingerprint density at radius 1 is 0.926 bits per heavy atom. The van der Waals surface area contributed by atoms with Crippen LogP contribution in [0.25, 0.3) is 22.0 Å². The van der Waals surface area contributed by atoms with Crippen LogP contribution in [0.4, 0.5) is 10.5 Å². The molecule has 0 spiro atoms. The average molecular weight is 730 g/mol. The molecule has 2 heterocycles. The Kier molecular flexibility index (Phi) is 11.4. The fourth-order valence-electron chi connectivity index (χ4n) is 7.94. The van der Waals surface area contributed by atoms with Crippen LogP contribution in [0.2, 0.25) is 0 Å². The Hall–Kier alpha value is -5.49. The first kappa shape index (κ1) is 36.9. The van der Waals surface area contributed by atoms with Crippen LogP contribution in [0.15, 0.2) is 108 Å². The van der Waals surface area contributed by atoms with Gasteiger partial charge in [-0.25, -0.2) is 4.79 Å². The summed E-state index contributed by atoms with van der Waals surface area (Å²) in [6.45, 7) is 4.12. The quantitative estimate of drug-likeness (QED) is 0.0957. The van der Waals surface area contributed by atoms with Crippen LogP contribution in [0, 0.1) is 11.8 Å². The maximum atomic E-state index is 13.1. The predicted molar refractivity (Wildman–Crippen MR) is 210 cm³/mol. The van der Waals surface area contributed by atoms with Crippen molar-refractivity contribution in [3.63, 3.8) is 0 Å². The summed E-state index contributed by atoms with van der Waals surface area (Å²) in [4.78, 5) is 44.4. The number of aromatic amines is 1. The summed E-state index contributed by atoms with van der Waals surface area (Å²) in [5.41, 5.74) is 5.10. The SMILES string of the molecule is CN(CCNC[C@H](O)c1ccc(O)c2[nH]c(=O)ccc12)C(=O)c1ccc(CCN2C[C@H]3CC(OC(=O)Nc4ccccc4-c4ccccc4)C[C@H]3C2)cc1. The minimum atomic E-state index is -0.869. The number of para-hydroxylation sites is 1. The van der Waals surface area contributed by atoms with E-state index in [-0.39, 0.29) is 29.9 Å². The van der Waals surface area contributed by atoms with Crippen molar-refractivity contribution in [3.05, 3.63) is 130 Å². The molecular weight excluding hydrogens is 683 g/mol. The van der Waals surface area contributed by atoms with E-state index in [0.29, 0.717) is 47.0 Å². The Morgan fingerprint density at radius 3 is 2.41 bits per heavy atom. The second-order valence-corrected chi connectivity index (χ2v) is 14.5. The summed E-state index contributed by atoms with van der Waals surface area (Å²) in [7, 11) is 1.76. The first-order valence-electron chi connectivity index (χ1n) is 18.6. The first-order valence-corrected chi connectivity index (χ1v) is 18.6. The highest BCUT2D eigenvalue weighted by molar-refractivity contribution is 5.94. The molecule has 1 aromatic heterocycles. The van der Waals surface area contributed by atoms with Gasteiger partial charge in [-0.05, 0) is 78.1 Å². The van der Waals surface area contributed by atoms with Gasteiger partial charge in [-0.1, -0.05) is 66.7 Å². The fourth-order valence-corrected chi connectivity index (χ4v) is 7.94. The highest BCUT2D eigenvalue weighted by Gasteiger charge is 2.42. The lowest BCUT2D eigenvalue weighted by Crippen LogP contribution is -2.35.